The Morgan fingerprint density at radius 2 is 1.57 bits per heavy atom. The van der Waals surface area contributed by atoms with E-state index in [9.17, 15) is 22.4 Å². The van der Waals surface area contributed by atoms with E-state index < -0.39 is 17.6 Å². The smallest absolute Gasteiger partial charge is 0.352 e. The first-order chi connectivity index (χ1) is 14.3. The zero-order valence-electron chi connectivity index (χ0n) is 15.8. The predicted molar refractivity (Wildman–Crippen MR) is 104 cm³/mol. The van der Waals surface area contributed by atoms with E-state index in [4.69, 9.17) is 0 Å². The molecule has 1 fully saturated rings. The standard InChI is InChI=1S/C24H17F4NO/c25-21-10-9-14(11-19(21)24(26,27)28)13-29-22(30)20-12-23(20)17-7-3-1-5-15(17)16-6-2-4-8-18(16)23/h1-11,20H,12-13H2,(H,29,30). The molecule has 1 saturated carbocycles. The monoisotopic (exact) mass is 411 g/mol. The summed E-state index contributed by atoms with van der Waals surface area (Å²) in [5.41, 5.74) is 2.99. The molecule has 0 bridgehead atoms. The van der Waals surface area contributed by atoms with Gasteiger partial charge in [0.05, 0.1) is 11.5 Å². The highest BCUT2D eigenvalue weighted by atomic mass is 19.4. The van der Waals surface area contributed by atoms with Crippen molar-refractivity contribution in [1.82, 2.24) is 5.32 Å². The molecule has 0 saturated heterocycles. The van der Waals surface area contributed by atoms with Crippen LogP contribution >= 0.6 is 0 Å². The number of fused-ring (bicyclic) bond motifs is 5. The number of hydrogen-bond donors (Lipinski definition) is 1. The largest absolute Gasteiger partial charge is 0.419 e. The van der Waals surface area contributed by atoms with Crippen LogP contribution in [0.15, 0.2) is 66.7 Å². The molecule has 1 N–H and O–H groups in total. The molecule has 5 rings (SSSR count). The van der Waals surface area contributed by atoms with Crippen molar-refractivity contribution in [2.45, 2.75) is 24.6 Å². The SMILES string of the molecule is O=C(NCc1ccc(F)c(C(F)(F)F)c1)C1CC12c1ccccc1-c1ccccc12. The molecule has 3 aromatic carbocycles. The van der Waals surface area contributed by atoms with E-state index >= 15 is 0 Å². The van der Waals surface area contributed by atoms with Crippen molar-refractivity contribution in [1.29, 1.82) is 0 Å². The third-order valence-corrected chi connectivity index (χ3v) is 6.19. The van der Waals surface area contributed by atoms with E-state index in [1.807, 2.05) is 48.5 Å². The molecule has 1 amide bonds. The second-order valence-electron chi connectivity index (χ2n) is 7.85. The Labute approximate surface area is 170 Å². The summed E-state index contributed by atoms with van der Waals surface area (Å²) in [4.78, 5) is 12.9. The molecule has 1 spiro atoms. The zero-order chi connectivity index (χ0) is 21.1. The second kappa shape index (κ2) is 6.42. The summed E-state index contributed by atoms with van der Waals surface area (Å²) >= 11 is 0. The maximum absolute atomic E-state index is 13.5. The van der Waals surface area contributed by atoms with E-state index in [-0.39, 0.29) is 29.3 Å². The fraction of sp³-hybridized carbons (Fsp3) is 0.208. The van der Waals surface area contributed by atoms with E-state index in [1.165, 1.54) is 6.07 Å². The van der Waals surface area contributed by atoms with Crippen LogP contribution in [0.5, 0.6) is 0 Å². The summed E-state index contributed by atoms with van der Waals surface area (Å²) in [6, 6.07) is 18.8. The average molecular weight is 411 g/mol. The van der Waals surface area contributed by atoms with Crippen LogP contribution in [-0.2, 0) is 22.9 Å². The number of alkyl halides is 3. The molecular weight excluding hydrogens is 394 g/mol. The second-order valence-corrected chi connectivity index (χ2v) is 7.85. The number of carbonyl (C=O) groups is 1. The molecule has 152 valence electrons. The highest BCUT2D eigenvalue weighted by Gasteiger charge is 2.63. The van der Waals surface area contributed by atoms with Gasteiger partial charge in [-0.2, -0.15) is 13.2 Å². The minimum absolute atomic E-state index is 0.0853. The van der Waals surface area contributed by atoms with Gasteiger partial charge in [-0.15, -0.1) is 0 Å². The van der Waals surface area contributed by atoms with Crippen LogP contribution in [0.1, 0.15) is 28.7 Å². The van der Waals surface area contributed by atoms with Gasteiger partial charge < -0.3 is 5.32 Å². The van der Waals surface area contributed by atoms with Gasteiger partial charge in [-0.05, 0) is 46.4 Å². The summed E-state index contributed by atoms with van der Waals surface area (Å²) in [7, 11) is 0. The number of rotatable bonds is 3. The summed E-state index contributed by atoms with van der Waals surface area (Å²) in [6.45, 7) is -0.0853. The normalized spacial score (nSPS) is 18.1. The third kappa shape index (κ3) is 2.74. The quantitative estimate of drug-likeness (QED) is 0.571. The summed E-state index contributed by atoms with van der Waals surface area (Å²) in [5, 5.41) is 2.74. The summed E-state index contributed by atoms with van der Waals surface area (Å²) in [5.74, 6) is -1.82. The van der Waals surface area contributed by atoms with Gasteiger partial charge >= 0.3 is 6.18 Å². The van der Waals surface area contributed by atoms with Crippen LogP contribution in [0, 0.1) is 11.7 Å². The first-order valence-corrected chi connectivity index (χ1v) is 9.65. The average Bonchev–Trinajstić information content (AvgIpc) is 3.42. The van der Waals surface area contributed by atoms with E-state index in [1.54, 1.807) is 0 Å². The van der Waals surface area contributed by atoms with Crippen LogP contribution in [0.3, 0.4) is 0 Å². The molecule has 1 unspecified atom stereocenters. The maximum atomic E-state index is 13.5. The van der Waals surface area contributed by atoms with Gasteiger partial charge in [-0.25, -0.2) is 4.39 Å². The third-order valence-electron chi connectivity index (χ3n) is 6.19. The lowest BCUT2D eigenvalue weighted by Gasteiger charge is -2.14. The van der Waals surface area contributed by atoms with Crippen LogP contribution < -0.4 is 5.32 Å². The molecule has 1 atom stereocenters. The van der Waals surface area contributed by atoms with Gasteiger partial charge in [-0.3, -0.25) is 4.79 Å². The molecule has 30 heavy (non-hydrogen) atoms. The van der Waals surface area contributed by atoms with E-state index in [0.29, 0.717) is 6.42 Å². The number of nitrogens with one attached hydrogen (secondary N) is 1. The van der Waals surface area contributed by atoms with Gasteiger partial charge in [-0.1, -0.05) is 54.6 Å². The number of amides is 1. The molecule has 0 aromatic heterocycles. The molecular formula is C24H17F4NO. The fourth-order valence-electron chi connectivity index (χ4n) is 4.75. The first-order valence-electron chi connectivity index (χ1n) is 9.65. The Morgan fingerprint density at radius 3 is 2.17 bits per heavy atom. The minimum atomic E-state index is -4.78. The molecule has 2 aliphatic rings. The van der Waals surface area contributed by atoms with Gasteiger partial charge in [0.15, 0.2) is 0 Å². The molecule has 2 nitrogen and oxygen atoms in total. The van der Waals surface area contributed by atoms with Gasteiger partial charge in [0.25, 0.3) is 0 Å². The van der Waals surface area contributed by atoms with Crippen molar-refractivity contribution in [2.24, 2.45) is 5.92 Å². The highest BCUT2D eigenvalue weighted by Crippen LogP contribution is 2.66. The summed E-state index contributed by atoms with van der Waals surface area (Å²) in [6.07, 6.45) is -4.12. The van der Waals surface area contributed by atoms with Crippen LogP contribution in [-0.4, -0.2) is 5.91 Å². The minimum Gasteiger partial charge on any atom is -0.352 e. The Kier molecular flexibility index (Phi) is 4.04. The van der Waals surface area contributed by atoms with Crippen LogP contribution in [0.2, 0.25) is 0 Å². The molecule has 0 aliphatic heterocycles. The van der Waals surface area contributed by atoms with Crippen molar-refractivity contribution >= 4 is 5.91 Å². The number of hydrogen-bond acceptors (Lipinski definition) is 1. The van der Waals surface area contributed by atoms with Crippen molar-refractivity contribution in [3.63, 3.8) is 0 Å². The van der Waals surface area contributed by atoms with Gasteiger partial charge in [0.1, 0.15) is 5.82 Å². The topological polar surface area (TPSA) is 29.1 Å². The Hall–Kier alpha value is -3.15. The number of halogens is 4. The lowest BCUT2D eigenvalue weighted by atomic mass is 9.90. The maximum Gasteiger partial charge on any atom is 0.419 e. The van der Waals surface area contributed by atoms with Crippen LogP contribution in [0.4, 0.5) is 17.6 Å². The lowest BCUT2D eigenvalue weighted by molar-refractivity contribution is -0.140. The van der Waals surface area contributed by atoms with Gasteiger partial charge in [0, 0.05) is 12.0 Å². The zero-order valence-corrected chi connectivity index (χ0v) is 15.8. The van der Waals surface area contributed by atoms with Crippen molar-refractivity contribution in [3.05, 3.63) is 94.8 Å². The molecule has 3 aromatic rings. The summed E-state index contributed by atoms with van der Waals surface area (Å²) < 4.78 is 52.2. The number of benzene rings is 3. The van der Waals surface area contributed by atoms with E-state index in [0.717, 1.165) is 34.4 Å². The lowest BCUT2D eigenvalue weighted by Crippen LogP contribution is -2.28. The van der Waals surface area contributed by atoms with Crippen molar-refractivity contribution < 1.29 is 22.4 Å². The van der Waals surface area contributed by atoms with Gasteiger partial charge in [0.2, 0.25) is 5.91 Å². The van der Waals surface area contributed by atoms with E-state index in [2.05, 4.69) is 5.32 Å². The Morgan fingerprint density at radius 1 is 0.967 bits per heavy atom. The van der Waals surface area contributed by atoms with Crippen LogP contribution in [0.25, 0.3) is 11.1 Å². The van der Waals surface area contributed by atoms with Crippen molar-refractivity contribution in [2.75, 3.05) is 0 Å². The number of carbonyl (C=O) groups excluding carboxylic acids is 1. The predicted octanol–water partition coefficient (Wildman–Crippen LogP) is 5.45. The molecule has 0 heterocycles. The Bertz CT molecular complexity index is 1120. The fourth-order valence-corrected chi connectivity index (χ4v) is 4.75. The van der Waals surface area contributed by atoms with Crippen molar-refractivity contribution in [3.8, 4) is 11.1 Å². The highest BCUT2D eigenvalue weighted by molar-refractivity contribution is 5.92. The molecule has 6 heteroatoms. The Balaban J connectivity index is 1.38. The first kappa shape index (κ1) is 18.9. The molecule has 0 radical (unpaired) electrons. The molecule has 2 aliphatic carbocycles.